The maximum Gasteiger partial charge on any atom is 0.293 e. The maximum atomic E-state index is 12.0. The first-order valence-electron chi connectivity index (χ1n) is 10.1. The van der Waals surface area contributed by atoms with Crippen LogP contribution in [0.5, 0.6) is 5.75 Å². The van der Waals surface area contributed by atoms with Gasteiger partial charge in [-0.15, -0.1) is 0 Å². The highest BCUT2D eigenvalue weighted by molar-refractivity contribution is 8.15. The molecule has 2 aromatic carbocycles. The average molecular weight is 479 g/mol. The zero-order valence-corrected chi connectivity index (χ0v) is 18.8. The second-order valence-corrected chi connectivity index (χ2v) is 9.75. The summed E-state index contributed by atoms with van der Waals surface area (Å²) in [5, 5.41) is 11.0. The van der Waals surface area contributed by atoms with Gasteiger partial charge in [0.05, 0.1) is 23.6 Å². The Hall–Kier alpha value is -1.77. The number of β-amino-alcohol motifs (C(OH)–C–C–N with tert-alkyl or cyclic N) is 1. The second-order valence-electron chi connectivity index (χ2n) is 7.98. The summed E-state index contributed by atoms with van der Waals surface area (Å²) >= 11 is 13.8. The molecule has 0 radical (unpaired) electrons. The van der Waals surface area contributed by atoms with E-state index in [-0.39, 0.29) is 35.1 Å². The number of anilines is 1. The molecule has 2 fully saturated rings. The van der Waals surface area contributed by atoms with Gasteiger partial charge in [0.25, 0.3) is 5.24 Å². The third kappa shape index (κ3) is 3.94. The number of rotatable bonds is 4. The minimum absolute atomic E-state index is 0.0286. The van der Waals surface area contributed by atoms with Crippen LogP contribution >= 0.6 is 35.0 Å². The zero-order chi connectivity index (χ0) is 21.7. The highest BCUT2D eigenvalue weighted by Crippen LogP contribution is 2.43. The number of halogens is 2. The summed E-state index contributed by atoms with van der Waals surface area (Å²) in [6.45, 7) is 1.39. The summed E-state index contributed by atoms with van der Waals surface area (Å²) < 4.78 is 6.41. The van der Waals surface area contributed by atoms with E-state index < -0.39 is 0 Å². The van der Waals surface area contributed by atoms with Crippen LogP contribution in [0.15, 0.2) is 36.4 Å². The number of aliphatic hydroxyl groups excluding tert-OH is 1. The van der Waals surface area contributed by atoms with Crippen molar-refractivity contribution in [3.05, 3.63) is 57.6 Å². The Morgan fingerprint density at radius 1 is 1.13 bits per heavy atom. The van der Waals surface area contributed by atoms with Crippen LogP contribution < -0.4 is 9.64 Å². The van der Waals surface area contributed by atoms with Gasteiger partial charge in [-0.2, -0.15) is 0 Å². The van der Waals surface area contributed by atoms with Gasteiger partial charge in [-0.05, 0) is 54.8 Å². The predicted molar refractivity (Wildman–Crippen MR) is 121 cm³/mol. The van der Waals surface area contributed by atoms with E-state index in [4.69, 9.17) is 27.9 Å². The smallest absolute Gasteiger partial charge is 0.293 e. The third-order valence-electron chi connectivity index (χ3n) is 6.04. The lowest BCUT2D eigenvalue weighted by Gasteiger charge is -2.30. The van der Waals surface area contributed by atoms with E-state index in [1.54, 1.807) is 30.3 Å². The Bertz CT molecular complexity index is 1030. The lowest BCUT2D eigenvalue weighted by molar-refractivity contribution is -0.115. The van der Waals surface area contributed by atoms with E-state index in [1.807, 2.05) is 6.07 Å². The van der Waals surface area contributed by atoms with Gasteiger partial charge in [0, 0.05) is 28.7 Å². The van der Waals surface area contributed by atoms with Crippen molar-refractivity contribution in [1.82, 2.24) is 4.90 Å². The minimum Gasteiger partial charge on any atom is -0.484 e. The van der Waals surface area contributed by atoms with Crippen molar-refractivity contribution in [2.45, 2.75) is 31.1 Å². The first kappa shape index (κ1) is 21.1. The molecule has 3 atom stereocenters. The molecule has 162 valence electrons. The maximum absolute atomic E-state index is 12.0. The molecule has 3 aliphatic rings. The topological polar surface area (TPSA) is 70.1 Å². The summed E-state index contributed by atoms with van der Waals surface area (Å²) in [5.41, 5.74) is 2.50. The molecule has 2 heterocycles. The molecule has 1 unspecified atom stereocenters. The minimum atomic E-state index is -0.337. The van der Waals surface area contributed by atoms with Gasteiger partial charge in [-0.3, -0.25) is 14.5 Å². The number of hydrogen-bond donors (Lipinski definition) is 1. The molecule has 2 aromatic rings. The standard InChI is InChI=1S/C22H20Cl2N2O4S/c23-12-7-17-16(18(24)8-12)9-19(25-6-5-14(27)10-25)21(17)30-15-3-1-13(2-4-15)26-20(28)11-31-22(26)29/h1-4,7-8,14,19,21,27H,5-6,9-11H2/t14?,19-,21-/m0/s1. The van der Waals surface area contributed by atoms with E-state index in [0.29, 0.717) is 28.0 Å². The summed E-state index contributed by atoms with van der Waals surface area (Å²) in [4.78, 5) is 27.4. The number of thioether (sulfide) groups is 1. The van der Waals surface area contributed by atoms with Gasteiger partial charge < -0.3 is 9.84 Å². The monoisotopic (exact) mass is 478 g/mol. The lowest BCUT2D eigenvalue weighted by Crippen LogP contribution is -2.39. The van der Waals surface area contributed by atoms with Crippen LogP contribution in [0.1, 0.15) is 23.7 Å². The number of aliphatic hydroxyl groups is 1. The number of amides is 2. The van der Waals surface area contributed by atoms with Gasteiger partial charge in [-0.25, -0.2) is 4.90 Å². The molecule has 5 rings (SSSR count). The van der Waals surface area contributed by atoms with Gasteiger partial charge in [0.15, 0.2) is 0 Å². The molecule has 2 saturated heterocycles. The highest BCUT2D eigenvalue weighted by Gasteiger charge is 2.41. The first-order valence-corrected chi connectivity index (χ1v) is 11.8. The number of fused-ring (bicyclic) bond motifs is 1. The first-order chi connectivity index (χ1) is 14.9. The molecular weight excluding hydrogens is 459 g/mol. The van der Waals surface area contributed by atoms with Crippen molar-refractivity contribution in [3.8, 4) is 5.75 Å². The number of likely N-dealkylation sites (tertiary alicyclic amines) is 1. The second kappa shape index (κ2) is 8.30. The van der Waals surface area contributed by atoms with Crippen molar-refractivity contribution in [1.29, 1.82) is 0 Å². The van der Waals surface area contributed by atoms with E-state index in [2.05, 4.69) is 4.90 Å². The Kier molecular flexibility index (Phi) is 5.65. The van der Waals surface area contributed by atoms with E-state index in [0.717, 1.165) is 42.3 Å². The summed E-state index contributed by atoms with van der Waals surface area (Å²) in [6.07, 6.45) is 0.817. The van der Waals surface area contributed by atoms with E-state index >= 15 is 0 Å². The van der Waals surface area contributed by atoms with E-state index in [9.17, 15) is 14.7 Å². The molecule has 2 aliphatic heterocycles. The fourth-order valence-electron chi connectivity index (χ4n) is 4.57. The number of hydrogen-bond acceptors (Lipinski definition) is 6. The van der Waals surface area contributed by atoms with Gasteiger partial charge >= 0.3 is 0 Å². The largest absolute Gasteiger partial charge is 0.484 e. The van der Waals surface area contributed by atoms with Crippen LogP contribution in [0.2, 0.25) is 10.0 Å². The third-order valence-corrected chi connectivity index (χ3v) is 7.41. The van der Waals surface area contributed by atoms with Crippen molar-refractivity contribution in [2.24, 2.45) is 0 Å². The van der Waals surface area contributed by atoms with Crippen molar-refractivity contribution in [3.63, 3.8) is 0 Å². The predicted octanol–water partition coefficient (Wildman–Crippen LogP) is 4.30. The fraction of sp³-hybridized carbons (Fsp3) is 0.364. The Labute approximate surface area is 194 Å². The number of ether oxygens (including phenoxy) is 1. The van der Waals surface area contributed by atoms with Crippen LogP contribution in [0.25, 0.3) is 0 Å². The molecule has 31 heavy (non-hydrogen) atoms. The quantitative estimate of drug-likeness (QED) is 0.705. The molecule has 9 heteroatoms. The van der Waals surface area contributed by atoms with Crippen LogP contribution in [-0.2, 0) is 11.2 Å². The zero-order valence-electron chi connectivity index (χ0n) is 16.5. The summed E-state index contributed by atoms with van der Waals surface area (Å²) in [6, 6.07) is 10.6. The van der Waals surface area contributed by atoms with Gasteiger partial charge in [0.2, 0.25) is 5.91 Å². The number of imide groups is 1. The van der Waals surface area contributed by atoms with Crippen LogP contribution in [0.3, 0.4) is 0 Å². The van der Waals surface area contributed by atoms with Gasteiger partial charge in [-0.1, -0.05) is 35.0 Å². The molecule has 6 nitrogen and oxygen atoms in total. The Morgan fingerprint density at radius 2 is 1.90 bits per heavy atom. The number of carbonyl (C=O) groups is 2. The molecular formula is C22H20Cl2N2O4S. The fourth-order valence-corrected chi connectivity index (χ4v) is 5.87. The normalized spacial score (nSPS) is 26.0. The lowest BCUT2D eigenvalue weighted by atomic mass is 10.1. The molecule has 1 aliphatic carbocycles. The number of carbonyl (C=O) groups excluding carboxylic acids is 2. The SMILES string of the molecule is O=C1CSC(=O)N1c1ccc(O[C@H]2c3cc(Cl)cc(Cl)c3C[C@@H]2N2CCC(O)C2)cc1. The Balaban J connectivity index is 1.43. The van der Waals surface area contributed by atoms with Crippen molar-refractivity contribution < 1.29 is 19.4 Å². The molecule has 0 saturated carbocycles. The van der Waals surface area contributed by atoms with Gasteiger partial charge in [0.1, 0.15) is 11.9 Å². The highest BCUT2D eigenvalue weighted by atomic mass is 35.5. The van der Waals surface area contributed by atoms with E-state index in [1.165, 1.54) is 4.90 Å². The van der Waals surface area contributed by atoms with Crippen LogP contribution in [0.4, 0.5) is 10.5 Å². The summed E-state index contributed by atoms with van der Waals surface area (Å²) in [7, 11) is 0. The molecule has 2 amide bonds. The average Bonchev–Trinajstić information content (AvgIpc) is 3.41. The van der Waals surface area contributed by atoms with Crippen LogP contribution in [-0.4, -0.2) is 52.1 Å². The number of benzene rings is 2. The van der Waals surface area contributed by atoms with Crippen molar-refractivity contribution in [2.75, 3.05) is 23.7 Å². The molecule has 1 N–H and O–H groups in total. The molecule has 0 bridgehead atoms. The molecule has 0 aromatic heterocycles. The molecule has 0 spiro atoms. The van der Waals surface area contributed by atoms with Crippen molar-refractivity contribution >= 4 is 51.8 Å². The number of nitrogens with zero attached hydrogens (tertiary/aromatic N) is 2. The van der Waals surface area contributed by atoms with Crippen LogP contribution in [0, 0.1) is 0 Å². The summed E-state index contributed by atoms with van der Waals surface area (Å²) in [5.74, 6) is 0.570. The Morgan fingerprint density at radius 3 is 2.55 bits per heavy atom.